The van der Waals surface area contributed by atoms with Crippen molar-refractivity contribution >= 4 is 0 Å². The number of fused-ring (bicyclic) bond motifs is 1. The summed E-state index contributed by atoms with van der Waals surface area (Å²) in [5.41, 5.74) is 2.24. The molecule has 1 N–H and O–H groups in total. The van der Waals surface area contributed by atoms with Gasteiger partial charge in [0.2, 0.25) is 0 Å². The summed E-state index contributed by atoms with van der Waals surface area (Å²) in [6.45, 7) is 0.528. The first-order valence-electron chi connectivity index (χ1n) is 6.97. The Morgan fingerprint density at radius 3 is 2.52 bits per heavy atom. The van der Waals surface area contributed by atoms with Crippen molar-refractivity contribution in [1.82, 2.24) is 4.57 Å². The largest absolute Gasteiger partial charge is 0.416 e. The van der Waals surface area contributed by atoms with Crippen LogP contribution >= 0.6 is 0 Å². The van der Waals surface area contributed by atoms with E-state index in [0.717, 1.165) is 48.2 Å². The minimum Gasteiger partial charge on any atom is -0.388 e. The van der Waals surface area contributed by atoms with Crippen LogP contribution in [0.25, 0.3) is 0 Å². The molecule has 0 saturated heterocycles. The van der Waals surface area contributed by atoms with Crippen molar-refractivity contribution in [2.45, 2.75) is 38.1 Å². The van der Waals surface area contributed by atoms with E-state index in [-0.39, 0.29) is 0 Å². The van der Waals surface area contributed by atoms with Crippen LogP contribution in [0.2, 0.25) is 0 Å². The van der Waals surface area contributed by atoms with Crippen molar-refractivity contribution in [3.8, 4) is 0 Å². The second-order valence-corrected chi connectivity index (χ2v) is 5.45. The smallest absolute Gasteiger partial charge is 0.388 e. The molecule has 1 heterocycles. The normalized spacial score (nSPS) is 18.6. The fourth-order valence-corrected chi connectivity index (χ4v) is 2.88. The molecular weight excluding hydrogens is 279 g/mol. The molecule has 1 aliphatic carbocycles. The maximum Gasteiger partial charge on any atom is 0.416 e. The first kappa shape index (κ1) is 14.2. The minimum atomic E-state index is -4.30. The number of hydrogen-bond acceptors (Lipinski definition) is 1. The van der Waals surface area contributed by atoms with Crippen LogP contribution in [0.5, 0.6) is 0 Å². The number of nitrogens with zero attached hydrogens (tertiary/aromatic N) is 1. The van der Waals surface area contributed by atoms with E-state index in [4.69, 9.17) is 0 Å². The number of hydrogen-bond donors (Lipinski definition) is 1. The van der Waals surface area contributed by atoms with Gasteiger partial charge in [-0.2, -0.15) is 13.2 Å². The summed E-state index contributed by atoms with van der Waals surface area (Å²) in [7, 11) is 0. The van der Waals surface area contributed by atoms with Gasteiger partial charge in [-0.25, -0.2) is 0 Å². The maximum atomic E-state index is 12.5. The van der Waals surface area contributed by atoms with E-state index >= 15 is 0 Å². The van der Waals surface area contributed by atoms with Gasteiger partial charge in [0.05, 0.1) is 11.7 Å². The lowest BCUT2D eigenvalue weighted by molar-refractivity contribution is -0.137. The summed E-state index contributed by atoms with van der Waals surface area (Å²) in [5, 5.41) is 9.93. The zero-order valence-corrected chi connectivity index (χ0v) is 11.4. The Kier molecular flexibility index (Phi) is 3.53. The lowest BCUT2D eigenvalue weighted by atomic mass is 9.95. The van der Waals surface area contributed by atoms with Gasteiger partial charge in [0.1, 0.15) is 0 Å². The Balaban J connectivity index is 1.81. The summed E-state index contributed by atoms with van der Waals surface area (Å²) in [5.74, 6) is 0. The molecule has 3 rings (SSSR count). The Bertz CT molecular complexity index is 628. The van der Waals surface area contributed by atoms with Gasteiger partial charge in [0.15, 0.2) is 0 Å². The lowest BCUT2D eigenvalue weighted by Gasteiger charge is -2.20. The number of benzene rings is 1. The van der Waals surface area contributed by atoms with Crippen molar-refractivity contribution in [3.63, 3.8) is 0 Å². The maximum absolute atomic E-state index is 12.5. The third-order valence-corrected chi connectivity index (χ3v) is 4.00. The summed E-state index contributed by atoms with van der Waals surface area (Å²) in [4.78, 5) is 0. The lowest BCUT2D eigenvalue weighted by Crippen LogP contribution is -2.12. The molecule has 0 amide bonds. The first-order valence-corrected chi connectivity index (χ1v) is 6.97. The molecule has 1 aliphatic rings. The Morgan fingerprint density at radius 2 is 1.86 bits per heavy atom. The summed E-state index contributed by atoms with van der Waals surface area (Å²) in [6.07, 6.45) is -0.197. The zero-order chi connectivity index (χ0) is 15.0. The highest BCUT2D eigenvalue weighted by molar-refractivity contribution is 5.30. The highest BCUT2D eigenvalue weighted by Gasteiger charge is 2.30. The van der Waals surface area contributed by atoms with Crippen molar-refractivity contribution in [3.05, 3.63) is 58.9 Å². The molecule has 2 nitrogen and oxygen atoms in total. The average molecular weight is 295 g/mol. The van der Waals surface area contributed by atoms with Crippen molar-refractivity contribution in [2.75, 3.05) is 0 Å². The molecule has 21 heavy (non-hydrogen) atoms. The molecule has 112 valence electrons. The standard InChI is InChI=1S/C16H16F3NO/c17-16(18,19)12-6-4-11(5-7-12)10-20-9-8-13-14(20)2-1-3-15(13)21/h4-9,15,21H,1-3,10H2. The van der Waals surface area contributed by atoms with Crippen LogP contribution in [0, 0.1) is 0 Å². The number of aliphatic hydroxyl groups excluding tert-OH is 1. The number of aliphatic hydroxyl groups is 1. The van der Waals surface area contributed by atoms with E-state index < -0.39 is 17.8 Å². The van der Waals surface area contributed by atoms with E-state index in [2.05, 4.69) is 0 Å². The monoisotopic (exact) mass is 295 g/mol. The van der Waals surface area contributed by atoms with Crippen LogP contribution < -0.4 is 0 Å². The molecule has 0 fully saturated rings. The number of aromatic nitrogens is 1. The van der Waals surface area contributed by atoms with Gasteiger partial charge in [-0.1, -0.05) is 12.1 Å². The minimum absolute atomic E-state index is 0.414. The molecule has 0 saturated carbocycles. The van der Waals surface area contributed by atoms with E-state index in [9.17, 15) is 18.3 Å². The number of halogens is 3. The molecule has 1 aromatic carbocycles. The molecule has 0 aliphatic heterocycles. The van der Waals surface area contributed by atoms with Crippen LogP contribution in [-0.4, -0.2) is 9.67 Å². The molecule has 0 radical (unpaired) electrons. The molecule has 1 atom stereocenters. The SMILES string of the molecule is OC1CCCc2c1ccn2Cc1ccc(C(F)(F)F)cc1. The fourth-order valence-electron chi connectivity index (χ4n) is 2.88. The highest BCUT2D eigenvalue weighted by atomic mass is 19.4. The van der Waals surface area contributed by atoms with Crippen molar-refractivity contribution in [1.29, 1.82) is 0 Å². The summed E-state index contributed by atoms with van der Waals surface area (Å²) in [6, 6.07) is 7.15. The molecule has 0 spiro atoms. The molecule has 2 aromatic rings. The van der Waals surface area contributed by atoms with E-state index in [0.29, 0.717) is 6.54 Å². The van der Waals surface area contributed by atoms with Gasteiger partial charge in [-0.05, 0) is 43.0 Å². The Morgan fingerprint density at radius 1 is 1.14 bits per heavy atom. The van der Waals surface area contributed by atoms with Gasteiger partial charge < -0.3 is 9.67 Å². The summed E-state index contributed by atoms with van der Waals surface area (Å²) < 4.78 is 39.6. The van der Waals surface area contributed by atoms with Crippen LogP contribution in [0.3, 0.4) is 0 Å². The second kappa shape index (κ2) is 5.22. The van der Waals surface area contributed by atoms with Crippen LogP contribution in [0.15, 0.2) is 36.5 Å². The second-order valence-electron chi connectivity index (χ2n) is 5.45. The topological polar surface area (TPSA) is 25.2 Å². The number of rotatable bonds is 2. The predicted molar refractivity (Wildman–Crippen MR) is 72.9 cm³/mol. The molecule has 0 bridgehead atoms. The van der Waals surface area contributed by atoms with Gasteiger partial charge in [-0.15, -0.1) is 0 Å². The third-order valence-electron chi connectivity index (χ3n) is 4.00. The molecule has 1 unspecified atom stereocenters. The Hall–Kier alpha value is -1.75. The Labute approximate surface area is 120 Å². The van der Waals surface area contributed by atoms with E-state index in [1.165, 1.54) is 12.1 Å². The van der Waals surface area contributed by atoms with Gasteiger partial charge in [0, 0.05) is 24.0 Å². The van der Waals surface area contributed by atoms with Crippen molar-refractivity contribution in [2.24, 2.45) is 0 Å². The van der Waals surface area contributed by atoms with Crippen LogP contribution in [0.4, 0.5) is 13.2 Å². The molecular formula is C16H16F3NO. The molecule has 5 heteroatoms. The molecule has 1 aromatic heterocycles. The number of alkyl halides is 3. The third kappa shape index (κ3) is 2.83. The zero-order valence-electron chi connectivity index (χ0n) is 11.4. The van der Waals surface area contributed by atoms with E-state index in [1.54, 1.807) is 0 Å². The van der Waals surface area contributed by atoms with Crippen molar-refractivity contribution < 1.29 is 18.3 Å². The van der Waals surface area contributed by atoms with Gasteiger partial charge >= 0.3 is 6.18 Å². The fraction of sp³-hybridized carbons (Fsp3) is 0.375. The van der Waals surface area contributed by atoms with E-state index in [1.807, 2.05) is 16.8 Å². The predicted octanol–water partition coefficient (Wildman–Crippen LogP) is 3.92. The first-order chi connectivity index (χ1) is 9.95. The van der Waals surface area contributed by atoms with Crippen LogP contribution in [0.1, 0.15) is 41.3 Å². The van der Waals surface area contributed by atoms with Gasteiger partial charge in [0.25, 0.3) is 0 Å². The average Bonchev–Trinajstić information content (AvgIpc) is 2.83. The summed E-state index contributed by atoms with van der Waals surface area (Å²) >= 11 is 0. The highest BCUT2D eigenvalue weighted by Crippen LogP contribution is 2.31. The quantitative estimate of drug-likeness (QED) is 0.892. The van der Waals surface area contributed by atoms with Crippen LogP contribution in [-0.2, 0) is 19.1 Å². The van der Waals surface area contributed by atoms with Gasteiger partial charge in [-0.3, -0.25) is 0 Å².